The lowest BCUT2D eigenvalue weighted by atomic mass is 9.73. The Balaban J connectivity index is 1.51. The molecule has 2 aliphatic rings. The fraction of sp³-hybridized carbons (Fsp3) is 0.520. The number of halogens is 1. The monoisotopic (exact) mass is 441 g/mol. The lowest BCUT2D eigenvalue weighted by Crippen LogP contribution is -2.52. The normalized spacial score (nSPS) is 19.8. The largest absolute Gasteiger partial charge is 0.381 e. The summed E-state index contributed by atoms with van der Waals surface area (Å²) in [6, 6.07) is 12.7. The van der Waals surface area contributed by atoms with E-state index in [2.05, 4.69) is 41.2 Å². The highest BCUT2D eigenvalue weighted by Crippen LogP contribution is 2.38. The first-order valence-corrected chi connectivity index (χ1v) is 11.6. The van der Waals surface area contributed by atoms with Gasteiger partial charge in [-0.2, -0.15) is 0 Å². The summed E-state index contributed by atoms with van der Waals surface area (Å²) in [4.78, 5) is 22.2. The van der Waals surface area contributed by atoms with E-state index in [1.54, 1.807) is 6.20 Å². The van der Waals surface area contributed by atoms with Crippen molar-refractivity contribution in [2.75, 3.05) is 40.4 Å². The van der Waals surface area contributed by atoms with Crippen molar-refractivity contribution in [2.45, 2.75) is 38.1 Å². The van der Waals surface area contributed by atoms with Crippen LogP contribution in [0.3, 0.4) is 0 Å². The maximum absolute atomic E-state index is 13.8. The predicted molar refractivity (Wildman–Crippen MR) is 124 cm³/mol. The second-order valence-electron chi connectivity index (χ2n) is 9.08. The Morgan fingerprint density at radius 2 is 1.84 bits per heavy atom. The SMILES string of the molecule is CN1CCC(N(C)C(=O)C2(Cc3ccc(-c4ccnc(Cl)c4)cc3)CCOCC2)CC1. The number of rotatable bonds is 5. The van der Waals surface area contributed by atoms with Crippen molar-refractivity contribution in [3.05, 3.63) is 53.3 Å². The molecular formula is C25H32ClN3O2. The number of carbonyl (C=O) groups is 1. The van der Waals surface area contributed by atoms with Crippen LogP contribution in [0.1, 0.15) is 31.2 Å². The third kappa shape index (κ3) is 5.11. The Kier molecular flexibility index (Phi) is 6.95. The van der Waals surface area contributed by atoms with E-state index >= 15 is 0 Å². The first-order chi connectivity index (χ1) is 15.0. The van der Waals surface area contributed by atoms with Crippen LogP contribution in [-0.4, -0.2) is 67.1 Å². The Bertz CT molecular complexity index is 888. The van der Waals surface area contributed by atoms with Crippen molar-refractivity contribution < 1.29 is 9.53 Å². The molecule has 4 rings (SSSR count). The van der Waals surface area contributed by atoms with Gasteiger partial charge in [0.2, 0.25) is 5.91 Å². The molecule has 1 aromatic carbocycles. The number of piperidine rings is 1. The lowest BCUT2D eigenvalue weighted by Gasteiger charge is -2.43. The first-order valence-electron chi connectivity index (χ1n) is 11.2. The van der Waals surface area contributed by atoms with Gasteiger partial charge in [-0.3, -0.25) is 4.79 Å². The Morgan fingerprint density at radius 1 is 1.16 bits per heavy atom. The molecular weight excluding hydrogens is 410 g/mol. The van der Waals surface area contributed by atoms with Crippen molar-refractivity contribution in [2.24, 2.45) is 5.41 Å². The molecule has 0 saturated carbocycles. The quantitative estimate of drug-likeness (QED) is 0.649. The number of carbonyl (C=O) groups excluding carboxylic acids is 1. The zero-order valence-electron chi connectivity index (χ0n) is 18.5. The van der Waals surface area contributed by atoms with Gasteiger partial charge in [0, 0.05) is 32.5 Å². The average molecular weight is 442 g/mol. The highest BCUT2D eigenvalue weighted by molar-refractivity contribution is 6.29. The van der Waals surface area contributed by atoms with E-state index in [0.717, 1.165) is 56.3 Å². The van der Waals surface area contributed by atoms with E-state index < -0.39 is 0 Å². The van der Waals surface area contributed by atoms with Crippen LogP contribution in [0.5, 0.6) is 0 Å². The van der Waals surface area contributed by atoms with Crippen LogP contribution in [0, 0.1) is 5.41 Å². The number of benzene rings is 1. The van der Waals surface area contributed by atoms with E-state index in [9.17, 15) is 4.79 Å². The number of ether oxygens (including phenoxy) is 1. The molecule has 5 nitrogen and oxygen atoms in total. The highest BCUT2D eigenvalue weighted by Gasteiger charge is 2.43. The standard InChI is InChI=1S/C25H32ClN3O2/c1-28-13-8-22(9-14-28)29(2)24(30)25(10-15-31-16-11-25)18-19-3-5-20(6-4-19)21-7-12-27-23(26)17-21/h3-7,12,17,22H,8-11,13-16,18H2,1-2H3. The van der Waals surface area contributed by atoms with Gasteiger partial charge in [0.05, 0.1) is 5.41 Å². The fourth-order valence-corrected chi connectivity index (χ4v) is 5.11. The Hall–Kier alpha value is -1.95. The second-order valence-corrected chi connectivity index (χ2v) is 9.47. The molecule has 1 aromatic heterocycles. The van der Waals surface area contributed by atoms with Gasteiger partial charge in [-0.05, 0) is 81.1 Å². The summed E-state index contributed by atoms with van der Waals surface area (Å²) in [7, 11) is 4.16. The first kappa shape index (κ1) is 22.3. The highest BCUT2D eigenvalue weighted by atomic mass is 35.5. The molecule has 2 aliphatic heterocycles. The van der Waals surface area contributed by atoms with Crippen LogP contribution in [-0.2, 0) is 16.0 Å². The zero-order valence-corrected chi connectivity index (χ0v) is 19.3. The van der Waals surface area contributed by atoms with Gasteiger partial charge >= 0.3 is 0 Å². The van der Waals surface area contributed by atoms with Gasteiger partial charge in [-0.1, -0.05) is 35.9 Å². The number of hydrogen-bond acceptors (Lipinski definition) is 4. The minimum Gasteiger partial charge on any atom is -0.381 e. The maximum atomic E-state index is 13.8. The molecule has 0 unspecified atom stereocenters. The number of aromatic nitrogens is 1. The van der Waals surface area contributed by atoms with E-state index in [4.69, 9.17) is 16.3 Å². The molecule has 3 heterocycles. The van der Waals surface area contributed by atoms with E-state index in [-0.39, 0.29) is 11.3 Å². The van der Waals surface area contributed by atoms with Crippen molar-refractivity contribution >= 4 is 17.5 Å². The third-order valence-electron chi connectivity index (χ3n) is 7.02. The third-order valence-corrected chi connectivity index (χ3v) is 7.22. The second kappa shape index (κ2) is 9.68. The summed E-state index contributed by atoms with van der Waals surface area (Å²) in [6.45, 7) is 3.42. The molecule has 0 N–H and O–H groups in total. The Morgan fingerprint density at radius 3 is 2.48 bits per heavy atom. The summed E-state index contributed by atoms with van der Waals surface area (Å²) >= 11 is 6.04. The molecule has 2 saturated heterocycles. The van der Waals surface area contributed by atoms with Crippen LogP contribution in [0.4, 0.5) is 0 Å². The molecule has 2 aromatic rings. The van der Waals surface area contributed by atoms with E-state index in [1.807, 2.05) is 24.1 Å². The summed E-state index contributed by atoms with van der Waals surface area (Å²) in [6.07, 6.45) is 6.14. The van der Waals surface area contributed by atoms with Crippen LogP contribution in [0.25, 0.3) is 11.1 Å². The van der Waals surface area contributed by atoms with Crippen molar-refractivity contribution in [1.29, 1.82) is 0 Å². The molecule has 0 radical (unpaired) electrons. The number of amides is 1. The van der Waals surface area contributed by atoms with Gasteiger partial charge in [0.15, 0.2) is 0 Å². The van der Waals surface area contributed by atoms with Crippen LogP contribution >= 0.6 is 11.6 Å². The van der Waals surface area contributed by atoms with Gasteiger partial charge in [-0.15, -0.1) is 0 Å². The summed E-state index contributed by atoms with van der Waals surface area (Å²) in [5, 5.41) is 0.491. The van der Waals surface area contributed by atoms with E-state index in [0.29, 0.717) is 24.4 Å². The maximum Gasteiger partial charge on any atom is 0.229 e. The minimum atomic E-state index is -0.377. The number of pyridine rings is 1. The molecule has 0 bridgehead atoms. The van der Waals surface area contributed by atoms with Crippen molar-refractivity contribution in [3.8, 4) is 11.1 Å². The van der Waals surface area contributed by atoms with Crippen LogP contribution in [0.15, 0.2) is 42.6 Å². The van der Waals surface area contributed by atoms with Gasteiger partial charge in [-0.25, -0.2) is 4.98 Å². The summed E-state index contributed by atoms with van der Waals surface area (Å²) in [5.41, 5.74) is 2.96. The number of likely N-dealkylation sites (tertiary alicyclic amines) is 1. The zero-order chi connectivity index (χ0) is 21.8. The van der Waals surface area contributed by atoms with Crippen molar-refractivity contribution in [1.82, 2.24) is 14.8 Å². The molecule has 6 heteroatoms. The van der Waals surface area contributed by atoms with Crippen molar-refractivity contribution in [3.63, 3.8) is 0 Å². The molecule has 0 spiro atoms. The topological polar surface area (TPSA) is 45.7 Å². The number of nitrogens with zero attached hydrogens (tertiary/aromatic N) is 3. The van der Waals surface area contributed by atoms with E-state index in [1.165, 1.54) is 5.56 Å². The molecule has 166 valence electrons. The van der Waals surface area contributed by atoms with Crippen LogP contribution < -0.4 is 0 Å². The fourth-order valence-electron chi connectivity index (χ4n) is 4.94. The lowest BCUT2D eigenvalue weighted by molar-refractivity contribution is -0.149. The van der Waals surface area contributed by atoms with Gasteiger partial charge < -0.3 is 14.5 Å². The predicted octanol–water partition coefficient (Wildman–Crippen LogP) is 4.29. The molecule has 0 aliphatic carbocycles. The number of hydrogen-bond donors (Lipinski definition) is 0. The molecule has 2 fully saturated rings. The minimum absolute atomic E-state index is 0.287. The molecule has 1 amide bonds. The smallest absolute Gasteiger partial charge is 0.229 e. The average Bonchev–Trinajstić information content (AvgIpc) is 2.80. The molecule has 31 heavy (non-hydrogen) atoms. The van der Waals surface area contributed by atoms with Gasteiger partial charge in [0.1, 0.15) is 5.15 Å². The Labute approximate surface area is 190 Å². The van der Waals surface area contributed by atoms with Crippen LogP contribution in [0.2, 0.25) is 5.15 Å². The van der Waals surface area contributed by atoms with Gasteiger partial charge in [0.25, 0.3) is 0 Å². The summed E-state index contributed by atoms with van der Waals surface area (Å²) < 4.78 is 5.64. The summed E-state index contributed by atoms with van der Waals surface area (Å²) in [5.74, 6) is 0.287. The molecule has 0 atom stereocenters.